The molecular weight excluding hydrogens is 220 g/mol. The highest BCUT2D eigenvalue weighted by Crippen LogP contribution is 2.15. The first kappa shape index (κ1) is 15.9. The number of carbonyl (C=O) groups is 2. The summed E-state index contributed by atoms with van der Waals surface area (Å²) in [6, 6.07) is 0. The molecule has 2 atom stereocenters. The largest absolute Gasteiger partial charge is 0.467 e. The van der Waals surface area contributed by atoms with E-state index in [0.717, 1.165) is 6.42 Å². The van der Waals surface area contributed by atoms with Gasteiger partial charge in [0, 0.05) is 12.5 Å². The van der Waals surface area contributed by atoms with E-state index in [9.17, 15) is 9.59 Å². The van der Waals surface area contributed by atoms with Gasteiger partial charge in [0.1, 0.15) is 5.54 Å². The molecule has 0 bridgehead atoms. The standard InChI is InChI=1S/C12H24N2O3/c1-6-7-12(3,11(16)17-5)14-10(15)9(2)8-13-4/h9,13H,6-8H2,1-5H3,(H,14,15). The van der Waals surface area contributed by atoms with Crippen LogP contribution < -0.4 is 10.6 Å². The lowest BCUT2D eigenvalue weighted by atomic mass is 9.95. The first-order chi connectivity index (χ1) is 7.91. The Morgan fingerprint density at radius 3 is 2.41 bits per heavy atom. The summed E-state index contributed by atoms with van der Waals surface area (Å²) in [7, 11) is 3.12. The lowest BCUT2D eigenvalue weighted by molar-refractivity contribution is -0.151. The molecule has 2 unspecified atom stereocenters. The van der Waals surface area contributed by atoms with E-state index in [1.54, 1.807) is 14.0 Å². The van der Waals surface area contributed by atoms with Crippen molar-refractivity contribution in [1.29, 1.82) is 0 Å². The molecule has 1 amide bonds. The van der Waals surface area contributed by atoms with E-state index in [1.807, 2.05) is 13.8 Å². The summed E-state index contributed by atoms with van der Waals surface area (Å²) < 4.78 is 4.74. The van der Waals surface area contributed by atoms with Crippen molar-refractivity contribution in [2.75, 3.05) is 20.7 Å². The van der Waals surface area contributed by atoms with E-state index in [-0.39, 0.29) is 11.8 Å². The maximum atomic E-state index is 11.9. The molecule has 0 fully saturated rings. The molecule has 0 aliphatic heterocycles. The molecule has 0 heterocycles. The fourth-order valence-corrected chi connectivity index (χ4v) is 1.73. The number of hydrogen-bond acceptors (Lipinski definition) is 4. The van der Waals surface area contributed by atoms with Gasteiger partial charge in [-0.15, -0.1) is 0 Å². The number of amides is 1. The van der Waals surface area contributed by atoms with Crippen LogP contribution in [0.3, 0.4) is 0 Å². The van der Waals surface area contributed by atoms with Gasteiger partial charge in [0.05, 0.1) is 7.11 Å². The topological polar surface area (TPSA) is 67.4 Å². The Morgan fingerprint density at radius 1 is 1.41 bits per heavy atom. The third-order valence-electron chi connectivity index (χ3n) is 2.74. The van der Waals surface area contributed by atoms with Crippen molar-refractivity contribution in [2.45, 2.75) is 39.2 Å². The minimum atomic E-state index is -0.928. The van der Waals surface area contributed by atoms with E-state index < -0.39 is 11.5 Å². The summed E-state index contributed by atoms with van der Waals surface area (Å²) in [6.07, 6.45) is 1.37. The molecular formula is C12H24N2O3. The summed E-state index contributed by atoms with van der Waals surface area (Å²) in [5, 5.41) is 5.71. The van der Waals surface area contributed by atoms with Gasteiger partial charge in [-0.2, -0.15) is 0 Å². The Balaban J connectivity index is 4.64. The van der Waals surface area contributed by atoms with E-state index in [4.69, 9.17) is 4.74 Å². The van der Waals surface area contributed by atoms with Crippen molar-refractivity contribution in [3.63, 3.8) is 0 Å². The van der Waals surface area contributed by atoms with Crippen LogP contribution in [0.4, 0.5) is 0 Å². The van der Waals surface area contributed by atoms with Crippen molar-refractivity contribution in [3.05, 3.63) is 0 Å². The summed E-state index contributed by atoms with van der Waals surface area (Å²) in [5.41, 5.74) is -0.928. The Bertz CT molecular complexity index is 268. The first-order valence-corrected chi connectivity index (χ1v) is 5.96. The van der Waals surface area contributed by atoms with E-state index >= 15 is 0 Å². The second-order valence-electron chi connectivity index (χ2n) is 4.52. The van der Waals surface area contributed by atoms with E-state index in [0.29, 0.717) is 13.0 Å². The number of esters is 1. The lowest BCUT2D eigenvalue weighted by Crippen LogP contribution is -2.54. The zero-order valence-electron chi connectivity index (χ0n) is 11.4. The van der Waals surface area contributed by atoms with Crippen LogP contribution in [0, 0.1) is 5.92 Å². The van der Waals surface area contributed by atoms with E-state index in [1.165, 1.54) is 7.11 Å². The molecule has 0 aromatic heterocycles. The van der Waals surface area contributed by atoms with Gasteiger partial charge in [0.15, 0.2) is 0 Å². The molecule has 2 N–H and O–H groups in total. The van der Waals surface area contributed by atoms with Crippen molar-refractivity contribution in [3.8, 4) is 0 Å². The average Bonchev–Trinajstić information content (AvgIpc) is 2.28. The van der Waals surface area contributed by atoms with Crippen LogP contribution in [0.15, 0.2) is 0 Å². The summed E-state index contributed by atoms with van der Waals surface area (Å²) in [5.74, 6) is -0.717. The minimum Gasteiger partial charge on any atom is -0.467 e. The summed E-state index contributed by atoms with van der Waals surface area (Å²) >= 11 is 0. The second-order valence-corrected chi connectivity index (χ2v) is 4.52. The van der Waals surface area contributed by atoms with Gasteiger partial charge < -0.3 is 15.4 Å². The van der Waals surface area contributed by atoms with E-state index in [2.05, 4.69) is 10.6 Å². The zero-order chi connectivity index (χ0) is 13.5. The number of carbonyl (C=O) groups excluding carboxylic acids is 2. The zero-order valence-corrected chi connectivity index (χ0v) is 11.4. The molecule has 0 rings (SSSR count). The quantitative estimate of drug-likeness (QED) is 0.647. The van der Waals surface area contributed by atoms with Crippen LogP contribution in [0.5, 0.6) is 0 Å². The highest BCUT2D eigenvalue weighted by molar-refractivity contribution is 5.88. The maximum absolute atomic E-state index is 11.9. The van der Waals surface area contributed by atoms with Crippen LogP contribution in [0.2, 0.25) is 0 Å². The Kier molecular flexibility index (Phi) is 6.80. The highest BCUT2D eigenvalue weighted by Gasteiger charge is 2.35. The van der Waals surface area contributed by atoms with Crippen molar-refractivity contribution in [1.82, 2.24) is 10.6 Å². The van der Waals surface area contributed by atoms with Gasteiger partial charge in [-0.3, -0.25) is 4.79 Å². The fraction of sp³-hybridized carbons (Fsp3) is 0.833. The third-order valence-corrected chi connectivity index (χ3v) is 2.74. The molecule has 0 aliphatic rings. The van der Waals surface area contributed by atoms with Crippen molar-refractivity contribution >= 4 is 11.9 Å². The van der Waals surface area contributed by atoms with Crippen molar-refractivity contribution in [2.24, 2.45) is 5.92 Å². The number of nitrogens with one attached hydrogen (secondary N) is 2. The summed E-state index contributed by atoms with van der Waals surface area (Å²) in [4.78, 5) is 23.6. The Hall–Kier alpha value is -1.10. The first-order valence-electron chi connectivity index (χ1n) is 5.96. The average molecular weight is 244 g/mol. The summed E-state index contributed by atoms with van der Waals surface area (Å²) in [6.45, 7) is 6.06. The highest BCUT2D eigenvalue weighted by atomic mass is 16.5. The number of ether oxygens (including phenoxy) is 1. The van der Waals surface area contributed by atoms with Gasteiger partial charge in [-0.05, 0) is 20.4 Å². The Morgan fingerprint density at radius 2 is 2.00 bits per heavy atom. The van der Waals surface area contributed by atoms with Crippen LogP contribution in [0.25, 0.3) is 0 Å². The predicted octanol–water partition coefficient (Wildman–Crippen LogP) is 0.690. The molecule has 5 nitrogen and oxygen atoms in total. The molecule has 0 radical (unpaired) electrons. The molecule has 0 aromatic carbocycles. The minimum absolute atomic E-state index is 0.138. The van der Waals surface area contributed by atoms with Crippen molar-refractivity contribution < 1.29 is 14.3 Å². The third kappa shape index (κ3) is 4.73. The normalized spacial score (nSPS) is 15.8. The molecule has 5 heteroatoms. The molecule has 100 valence electrons. The van der Waals surface area contributed by atoms with Gasteiger partial charge in [-0.25, -0.2) is 4.79 Å². The lowest BCUT2D eigenvalue weighted by Gasteiger charge is -2.28. The predicted molar refractivity (Wildman–Crippen MR) is 66.6 cm³/mol. The van der Waals surface area contributed by atoms with Gasteiger partial charge in [0.25, 0.3) is 0 Å². The second kappa shape index (κ2) is 7.27. The molecule has 0 aliphatic carbocycles. The maximum Gasteiger partial charge on any atom is 0.331 e. The smallest absolute Gasteiger partial charge is 0.331 e. The van der Waals surface area contributed by atoms with Gasteiger partial charge in [0.2, 0.25) is 5.91 Å². The Labute approximate surface area is 103 Å². The van der Waals surface area contributed by atoms with Gasteiger partial charge in [-0.1, -0.05) is 20.3 Å². The van der Waals surface area contributed by atoms with Gasteiger partial charge >= 0.3 is 5.97 Å². The van der Waals surface area contributed by atoms with Crippen LogP contribution in [-0.2, 0) is 14.3 Å². The molecule has 0 aromatic rings. The fourth-order valence-electron chi connectivity index (χ4n) is 1.73. The molecule has 0 saturated carbocycles. The number of hydrogen-bond donors (Lipinski definition) is 2. The number of methoxy groups -OCH3 is 1. The molecule has 17 heavy (non-hydrogen) atoms. The van der Waals surface area contributed by atoms with Crippen LogP contribution >= 0.6 is 0 Å². The molecule has 0 saturated heterocycles. The van der Waals surface area contributed by atoms with Crippen LogP contribution in [-0.4, -0.2) is 38.1 Å². The SMILES string of the molecule is CCCC(C)(NC(=O)C(C)CNC)C(=O)OC. The van der Waals surface area contributed by atoms with Crippen LogP contribution in [0.1, 0.15) is 33.6 Å². The molecule has 0 spiro atoms. The monoisotopic (exact) mass is 244 g/mol. The number of rotatable bonds is 7.